The molecule has 0 atom stereocenters. The maximum Gasteiger partial charge on any atom is 0.248 e. The topological polar surface area (TPSA) is 109 Å². The zero-order chi connectivity index (χ0) is 24.0. The van der Waals surface area contributed by atoms with Gasteiger partial charge in [0.15, 0.2) is 0 Å². The molecule has 0 amide bonds. The first kappa shape index (κ1) is 22.3. The van der Waals surface area contributed by atoms with Crippen LogP contribution in [0.4, 0.5) is 0 Å². The van der Waals surface area contributed by atoms with E-state index in [1.54, 1.807) is 0 Å². The van der Waals surface area contributed by atoms with E-state index in [2.05, 4.69) is 10.2 Å². The van der Waals surface area contributed by atoms with Gasteiger partial charge < -0.3 is 25.4 Å². The smallest absolute Gasteiger partial charge is 0.248 e. The van der Waals surface area contributed by atoms with Gasteiger partial charge in [0.1, 0.15) is 23.0 Å². The van der Waals surface area contributed by atoms with Crippen molar-refractivity contribution in [3.8, 4) is 45.9 Å². The van der Waals surface area contributed by atoms with Gasteiger partial charge in [-0.3, -0.25) is 0 Å². The van der Waals surface area contributed by atoms with E-state index in [0.717, 1.165) is 33.8 Å². The van der Waals surface area contributed by atoms with E-state index >= 15 is 0 Å². The van der Waals surface area contributed by atoms with Crippen LogP contribution in [0.25, 0.3) is 22.9 Å². The van der Waals surface area contributed by atoms with Gasteiger partial charge >= 0.3 is 0 Å². The van der Waals surface area contributed by atoms with Crippen molar-refractivity contribution in [3.63, 3.8) is 0 Å². The lowest BCUT2D eigenvalue weighted by Gasteiger charge is -2.07. The third-order valence-electron chi connectivity index (χ3n) is 5.42. The third-order valence-corrected chi connectivity index (χ3v) is 5.42. The number of hydrogen-bond acceptors (Lipinski definition) is 7. The maximum atomic E-state index is 5.90. The first-order valence-electron chi connectivity index (χ1n) is 11.2. The van der Waals surface area contributed by atoms with Gasteiger partial charge in [0.2, 0.25) is 11.8 Å². The first-order chi connectivity index (χ1) is 17.2. The van der Waals surface area contributed by atoms with E-state index in [4.69, 9.17) is 25.4 Å². The van der Waals surface area contributed by atoms with Crippen LogP contribution in [-0.2, 0) is 13.1 Å². The molecule has 1 aromatic heterocycles. The number of hydrogen-bond donors (Lipinski definition) is 2. The number of ether oxygens (including phenoxy) is 2. The van der Waals surface area contributed by atoms with Crippen LogP contribution >= 0.6 is 0 Å². The Kier molecular flexibility index (Phi) is 6.52. The molecule has 0 aliphatic heterocycles. The normalized spacial score (nSPS) is 10.8. The SMILES string of the molecule is NCc1ccc(Oc2ccc(-c3nnc(-c4ccc(Oc5ccc(CN)cc5)cc4)o3)cc2)cc1. The van der Waals surface area contributed by atoms with Crippen LogP contribution in [0.3, 0.4) is 0 Å². The van der Waals surface area contributed by atoms with Crippen LogP contribution in [0.1, 0.15) is 11.1 Å². The lowest BCUT2D eigenvalue weighted by atomic mass is 10.2. The molecule has 1 heterocycles. The average molecular weight is 465 g/mol. The highest BCUT2D eigenvalue weighted by Crippen LogP contribution is 2.29. The van der Waals surface area contributed by atoms with Crippen LogP contribution in [0, 0.1) is 0 Å². The molecule has 0 aliphatic rings. The molecule has 5 aromatic rings. The molecule has 0 fully saturated rings. The lowest BCUT2D eigenvalue weighted by Crippen LogP contribution is -1.95. The molecule has 7 heteroatoms. The van der Waals surface area contributed by atoms with Gasteiger partial charge in [-0.25, -0.2) is 0 Å². The minimum Gasteiger partial charge on any atom is -0.457 e. The zero-order valence-electron chi connectivity index (χ0n) is 18.9. The highest BCUT2D eigenvalue weighted by molar-refractivity contribution is 5.59. The quantitative estimate of drug-likeness (QED) is 0.294. The summed E-state index contributed by atoms with van der Waals surface area (Å²) in [5.41, 5.74) is 15.0. The molecule has 0 bridgehead atoms. The van der Waals surface area contributed by atoms with E-state index < -0.39 is 0 Å². The average Bonchev–Trinajstić information content (AvgIpc) is 3.41. The molecule has 0 unspecified atom stereocenters. The Morgan fingerprint density at radius 3 is 1.11 bits per heavy atom. The Bertz CT molecular complexity index is 1270. The second-order valence-corrected chi connectivity index (χ2v) is 7.86. The standard InChI is InChI=1S/C28H24N4O3/c29-17-19-1-9-23(10-2-19)33-25-13-5-21(6-14-25)27-31-32-28(35-27)22-7-15-26(16-8-22)34-24-11-3-20(18-30)4-12-24/h1-16H,17-18,29-30H2. The minimum atomic E-state index is 0.430. The maximum absolute atomic E-state index is 5.90. The van der Waals surface area contributed by atoms with Crippen LogP contribution in [0.5, 0.6) is 23.0 Å². The molecular formula is C28H24N4O3. The number of benzene rings is 4. The summed E-state index contributed by atoms with van der Waals surface area (Å²) in [5, 5.41) is 8.38. The van der Waals surface area contributed by atoms with Crippen molar-refractivity contribution in [1.82, 2.24) is 10.2 Å². The predicted molar refractivity (Wildman–Crippen MR) is 134 cm³/mol. The number of nitrogens with zero attached hydrogens (tertiary/aromatic N) is 2. The Morgan fingerprint density at radius 2 is 0.800 bits per heavy atom. The van der Waals surface area contributed by atoms with Crippen LogP contribution in [0.2, 0.25) is 0 Å². The summed E-state index contributed by atoms with van der Waals surface area (Å²) in [5.74, 6) is 3.77. The van der Waals surface area contributed by atoms with Gasteiger partial charge in [0, 0.05) is 24.2 Å². The fourth-order valence-electron chi connectivity index (χ4n) is 3.45. The van der Waals surface area contributed by atoms with Gasteiger partial charge in [-0.1, -0.05) is 24.3 Å². The van der Waals surface area contributed by atoms with E-state index in [0.29, 0.717) is 36.4 Å². The van der Waals surface area contributed by atoms with Crippen molar-refractivity contribution in [3.05, 3.63) is 108 Å². The highest BCUT2D eigenvalue weighted by Gasteiger charge is 2.11. The molecular weight excluding hydrogens is 440 g/mol. The molecule has 0 saturated heterocycles. The molecule has 0 aliphatic carbocycles. The Hall–Kier alpha value is -4.46. The second-order valence-electron chi connectivity index (χ2n) is 7.86. The van der Waals surface area contributed by atoms with Gasteiger partial charge in [0.05, 0.1) is 0 Å². The summed E-state index contributed by atoms with van der Waals surface area (Å²) in [6, 6.07) is 30.4. The van der Waals surface area contributed by atoms with Crippen molar-refractivity contribution in [2.45, 2.75) is 13.1 Å². The highest BCUT2D eigenvalue weighted by atomic mass is 16.5. The largest absolute Gasteiger partial charge is 0.457 e. The van der Waals surface area contributed by atoms with Gasteiger partial charge in [-0.05, 0) is 83.9 Å². The van der Waals surface area contributed by atoms with Crippen LogP contribution in [-0.4, -0.2) is 10.2 Å². The molecule has 4 aromatic carbocycles. The van der Waals surface area contributed by atoms with Crippen molar-refractivity contribution < 1.29 is 13.9 Å². The summed E-state index contributed by atoms with van der Waals surface area (Å²) >= 11 is 0. The number of nitrogens with two attached hydrogens (primary N) is 2. The summed E-state index contributed by atoms with van der Waals surface area (Å²) < 4.78 is 17.7. The fourth-order valence-corrected chi connectivity index (χ4v) is 3.45. The Labute approximate surface area is 202 Å². The van der Waals surface area contributed by atoms with Gasteiger partial charge in [-0.2, -0.15) is 0 Å². The van der Waals surface area contributed by atoms with E-state index in [1.165, 1.54) is 0 Å². The minimum absolute atomic E-state index is 0.430. The molecule has 35 heavy (non-hydrogen) atoms. The molecule has 174 valence electrons. The Balaban J connectivity index is 1.24. The summed E-state index contributed by atoms with van der Waals surface area (Å²) in [6.07, 6.45) is 0. The van der Waals surface area contributed by atoms with Gasteiger partial charge in [0.25, 0.3) is 0 Å². The molecule has 5 rings (SSSR count). The third kappa shape index (κ3) is 5.38. The van der Waals surface area contributed by atoms with E-state index in [-0.39, 0.29) is 0 Å². The molecule has 7 nitrogen and oxygen atoms in total. The zero-order valence-corrected chi connectivity index (χ0v) is 18.9. The predicted octanol–water partition coefficient (Wildman–Crippen LogP) is 5.91. The van der Waals surface area contributed by atoms with Crippen molar-refractivity contribution >= 4 is 0 Å². The molecule has 0 spiro atoms. The monoisotopic (exact) mass is 464 g/mol. The summed E-state index contributed by atoms with van der Waals surface area (Å²) in [7, 11) is 0. The molecule has 0 saturated carbocycles. The lowest BCUT2D eigenvalue weighted by molar-refractivity contribution is 0.482. The van der Waals surface area contributed by atoms with E-state index in [1.807, 2.05) is 97.1 Å². The number of rotatable bonds is 8. The van der Waals surface area contributed by atoms with E-state index in [9.17, 15) is 0 Å². The summed E-state index contributed by atoms with van der Waals surface area (Å²) in [6.45, 7) is 1.01. The van der Waals surface area contributed by atoms with Gasteiger partial charge in [-0.15, -0.1) is 10.2 Å². The van der Waals surface area contributed by atoms with Crippen molar-refractivity contribution in [2.24, 2.45) is 11.5 Å². The van der Waals surface area contributed by atoms with Crippen molar-refractivity contribution in [2.75, 3.05) is 0 Å². The molecule has 4 N–H and O–H groups in total. The summed E-state index contributed by atoms with van der Waals surface area (Å²) in [4.78, 5) is 0. The second kappa shape index (κ2) is 10.2. The van der Waals surface area contributed by atoms with Crippen molar-refractivity contribution in [1.29, 1.82) is 0 Å². The first-order valence-corrected chi connectivity index (χ1v) is 11.2. The molecule has 0 radical (unpaired) electrons. The fraction of sp³-hybridized carbons (Fsp3) is 0.0714. The Morgan fingerprint density at radius 1 is 0.486 bits per heavy atom. The number of aromatic nitrogens is 2. The van der Waals surface area contributed by atoms with Crippen LogP contribution < -0.4 is 20.9 Å². The van der Waals surface area contributed by atoms with Crippen LogP contribution in [0.15, 0.2) is 101 Å².